The van der Waals surface area contributed by atoms with E-state index in [1.807, 2.05) is 17.1 Å². The maximum absolute atomic E-state index is 12.9. The van der Waals surface area contributed by atoms with Gasteiger partial charge in [-0.05, 0) is 38.1 Å². The summed E-state index contributed by atoms with van der Waals surface area (Å²) in [5.41, 5.74) is 0. The van der Waals surface area contributed by atoms with E-state index in [0.717, 1.165) is 10.6 Å². The molecule has 0 atom stereocenters. The first-order valence-electron chi connectivity index (χ1n) is 7.32. The molecule has 1 aliphatic carbocycles. The van der Waals surface area contributed by atoms with Crippen molar-refractivity contribution in [3.05, 3.63) is 16.3 Å². The van der Waals surface area contributed by atoms with Gasteiger partial charge in [0.25, 0.3) is 0 Å². The average Bonchev–Trinajstić information content (AvgIpc) is 3.11. The van der Waals surface area contributed by atoms with Crippen LogP contribution in [0.2, 0.25) is 0 Å². The maximum Gasteiger partial charge on any atom is 0.244 e. The Morgan fingerprint density at radius 3 is 2.86 bits per heavy atom. The molecule has 1 aromatic rings. The van der Waals surface area contributed by atoms with Crippen molar-refractivity contribution in [1.82, 2.24) is 9.62 Å². The van der Waals surface area contributed by atoms with Crippen LogP contribution in [0.25, 0.3) is 0 Å². The molecule has 2 heterocycles. The summed E-state index contributed by atoms with van der Waals surface area (Å²) in [7, 11) is -3.36. The summed E-state index contributed by atoms with van der Waals surface area (Å²) in [6.45, 7) is 6.10. The van der Waals surface area contributed by atoms with Gasteiger partial charge in [-0.1, -0.05) is 0 Å². The van der Waals surface area contributed by atoms with Gasteiger partial charge in [-0.15, -0.1) is 11.3 Å². The van der Waals surface area contributed by atoms with Crippen LogP contribution >= 0.6 is 23.1 Å². The van der Waals surface area contributed by atoms with Crippen LogP contribution in [0.1, 0.15) is 31.6 Å². The number of sulfonamides is 1. The normalized spacial score (nSPS) is 23.3. The van der Waals surface area contributed by atoms with E-state index in [1.165, 1.54) is 24.2 Å². The molecule has 2 aliphatic rings. The van der Waals surface area contributed by atoms with Crippen LogP contribution in [0.3, 0.4) is 0 Å². The van der Waals surface area contributed by atoms with Gasteiger partial charge >= 0.3 is 0 Å². The minimum absolute atomic E-state index is 0.00618. The van der Waals surface area contributed by atoms with E-state index >= 15 is 0 Å². The highest BCUT2D eigenvalue weighted by atomic mass is 32.2. The van der Waals surface area contributed by atoms with Gasteiger partial charge in [0.2, 0.25) is 10.0 Å². The van der Waals surface area contributed by atoms with E-state index in [4.69, 9.17) is 0 Å². The van der Waals surface area contributed by atoms with Crippen molar-refractivity contribution >= 4 is 33.1 Å². The molecule has 1 saturated heterocycles. The van der Waals surface area contributed by atoms with Gasteiger partial charge in [0.1, 0.15) is 0 Å². The van der Waals surface area contributed by atoms with Crippen molar-refractivity contribution in [1.29, 1.82) is 0 Å². The summed E-state index contributed by atoms with van der Waals surface area (Å²) < 4.78 is 27.5. The molecule has 2 fully saturated rings. The second-order valence-corrected chi connectivity index (χ2v) is 11.0. The van der Waals surface area contributed by atoms with Crippen molar-refractivity contribution in [2.24, 2.45) is 0 Å². The molecule has 3 rings (SSSR count). The molecule has 1 N–H and O–H groups in total. The Kier molecular flexibility index (Phi) is 4.40. The lowest BCUT2D eigenvalue weighted by molar-refractivity contribution is 0.387. The Hall–Kier alpha value is -0.0800. The van der Waals surface area contributed by atoms with Crippen molar-refractivity contribution < 1.29 is 8.42 Å². The first-order valence-corrected chi connectivity index (χ1v) is 10.6. The lowest BCUT2D eigenvalue weighted by atomic mass is 10.2. The first-order chi connectivity index (χ1) is 9.88. The molecule has 7 heteroatoms. The third-order valence-electron chi connectivity index (χ3n) is 3.84. The van der Waals surface area contributed by atoms with Crippen molar-refractivity contribution in [3.8, 4) is 0 Å². The Bertz CT molecular complexity index is 605. The number of thioether (sulfide) groups is 1. The second-order valence-electron chi connectivity index (χ2n) is 6.31. The van der Waals surface area contributed by atoms with Crippen molar-refractivity contribution in [2.75, 3.05) is 18.8 Å². The van der Waals surface area contributed by atoms with Gasteiger partial charge in [-0.3, -0.25) is 0 Å². The number of hydrogen-bond acceptors (Lipinski definition) is 5. The molecule has 1 aromatic heterocycles. The van der Waals surface area contributed by atoms with Gasteiger partial charge in [0.15, 0.2) is 0 Å². The number of thiophene rings is 1. The summed E-state index contributed by atoms with van der Waals surface area (Å²) >= 11 is 3.38. The van der Waals surface area contributed by atoms with Crippen LogP contribution in [-0.2, 0) is 16.6 Å². The highest BCUT2D eigenvalue weighted by Crippen LogP contribution is 2.34. The van der Waals surface area contributed by atoms with E-state index in [-0.39, 0.29) is 4.75 Å². The third-order valence-corrected chi connectivity index (χ3v) is 8.12. The zero-order chi connectivity index (χ0) is 15.1. The molecule has 0 amide bonds. The summed E-state index contributed by atoms with van der Waals surface area (Å²) in [5, 5.41) is 5.30. The standard InChI is InChI=1S/C14H22N2O2S3/c1-14(2)10-16(6-8-20-14)21(17,18)13-5-7-19-12(13)9-15-11-3-4-11/h5,7,11,15H,3-4,6,8-10H2,1-2H3. The highest BCUT2D eigenvalue weighted by molar-refractivity contribution is 8.00. The number of nitrogens with one attached hydrogen (secondary N) is 1. The molecule has 1 aliphatic heterocycles. The fourth-order valence-electron chi connectivity index (χ4n) is 2.53. The smallest absolute Gasteiger partial charge is 0.244 e. The zero-order valence-electron chi connectivity index (χ0n) is 12.5. The molecule has 0 aromatic carbocycles. The van der Waals surface area contributed by atoms with Crippen LogP contribution < -0.4 is 5.32 Å². The largest absolute Gasteiger partial charge is 0.309 e. The fraction of sp³-hybridized carbons (Fsp3) is 0.714. The van der Waals surface area contributed by atoms with E-state index < -0.39 is 10.0 Å². The van der Waals surface area contributed by atoms with E-state index in [0.29, 0.717) is 30.6 Å². The zero-order valence-corrected chi connectivity index (χ0v) is 14.9. The van der Waals surface area contributed by atoms with Crippen molar-refractivity contribution in [3.63, 3.8) is 0 Å². The Morgan fingerprint density at radius 2 is 2.19 bits per heavy atom. The third kappa shape index (κ3) is 3.64. The Morgan fingerprint density at radius 1 is 1.43 bits per heavy atom. The van der Waals surface area contributed by atoms with E-state index in [2.05, 4.69) is 19.2 Å². The van der Waals surface area contributed by atoms with E-state index in [9.17, 15) is 8.42 Å². The predicted molar refractivity (Wildman–Crippen MR) is 89.5 cm³/mol. The van der Waals surface area contributed by atoms with Gasteiger partial charge < -0.3 is 5.32 Å². The van der Waals surface area contributed by atoms with Gasteiger partial charge in [-0.25, -0.2) is 8.42 Å². The summed E-state index contributed by atoms with van der Waals surface area (Å²) in [4.78, 5) is 1.45. The summed E-state index contributed by atoms with van der Waals surface area (Å²) in [5.74, 6) is 0.867. The lowest BCUT2D eigenvalue weighted by Crippen LogP contribution is -2.46. The van der Waals surface area contributed by atoms with Gasteiger partial charge in [-0.2, -0.15) is 16.1 Å². The van der Waals surface area contributed by atoms with Gasteiger partial charge in [0, 0.05) is 41.1 Å². The average molecular weight is 347 g/mol. The van der Waals surface area contributed by atoms with Crippen LogP contribution in [0.15, 0.2) is 16.3 Å². The minimum Gasteiger partial charge on any atom is -0.309 e. The number of rotatable bonds is 5. The molecular formula is C14H22N2O2S3. The number of nitrogens with zero attached hydrogens (tertiary/aromatic N) is 1. The molecule has 21 heavy (non-hydrogen) atoms. The monoisotopic (exact) mass is 346 g/mol. The Labute approximate surface area is 135 Å². The molecule has 4 nitrogen and oxygen atoms in total. The molecule has 1 saturated carbocycles. The fourth-order valence-corrected chi connectivity index (χ4v) is 6.81. The van der Waals surface area contributed by atoms with Crippen LogP contribution in [0.5, 0.6) is 0 Å². The second kappa shape index (κ2) is 5.85. The lowest BCUT2D eigenvalue weighted by Gasteiger charge is -2.36. The summed E-state index contributed by atoms with van der Waals surface area (Å²) in [6, 6.07) is 2.35. The minimum atomic E-state index is -3.36. The molecule has 0 unspecified atom stereocenters. The Balaban J connectivity index is 1.79. The van der Waals surface area contributed by atoms with Crippen LogP contribution in [0.4, 0.5) is 0 Å². The quantitative estimate of drug-likeness (QED) is 0.890. The molecule has 0 spiro atoms. The van der Waals surface area contributed by atoms with Gasteiger partial charge in [0.05, 0.1) is 4.90 Å². The molecule has 0 radical (unpaired) electrons. The summed E-state index contributed by atoms with van der Waals surface area (Å²) in [6.07, 6.45) is 2.43. The molecule has 0 bridgehead atoms. The van der Waals surface area contributed by atoms with Crippen LogP contribution in [-0.4, -0.2) is 42.4 Å². The number of hydrogen-bond donors (Lipinski definition) is 1. The molecular weight excluding hydrogens is 324 g/mol. The van der Waals surface area contributed by atoms with Crippen LogP contribution in [0, 0.1) is 0 Å². The maximum atomic E-state index is 12.9. The van der Waals surface area contributed by atoms with E-state index in [1.54, 1.807) is 10.4 Å². The van der Waals surface area contributed by atoms with Crippen molar-refractivity contribution in [2.45, 2.75) is 48.9 Å². The molecule has 118 valence electrons. The first kappa shape index (κ1) is 15.8. The highest BCUT2D eigenvalue weighted by Gasteiger charge is 2.36. The topological polar surface area (TPSA) is 49.4 Å². The SMILES string of the molecule is CC1(C)CN(S(=O)(=O)c2ccsc2CNC2CC2)CCS1. The predicted octanol–water partition coefficient (Wildman–Crippen LogP) is 2.52.